The fraction of sp³-hybridized carbons (Fsp3) is 0.810. The topological polar surface area (TPSA) is 86.7 Å². The second-order valence-electron chi connectivity index (χ2n) is 7.67. The van der Waals surface area contributed by atoms with Crippen molar-refractivity contribution >= 4 is 21.9 Å². The van der Waals surface area contributed by atoms with Crippen LogP contribution in [0.1, 0.15) is 77.6 Å². The summed E-state index contributed by atoms with van der Waals surface area (Å²) in [5.41, 5.74) is 0. The first-order chi connectivity index (χ1) is 13.3. The molecule has 0 aromatic carbocycles. The first kappa shape index (κ1) is 24.8. The lowest BCUT2D eigenvalue weighted by Gasteiger charge is -2.27. The maximum absolute atomic E-state index is 12.4. The van der Waals surface area contributed by atoms with Crippen LogP contribution in [0.5, 0.6) is 0 Å². The molecule has 2 unspecified atom stereocenters. The Labute approximate surface area is 170 Å². The highest BCUT2D eigenvalue weighted by Crippen LogP contribution is 2.34. The van der Waals surface area contributed by atoms with E-state index in [0.717, 1.165) is 25.5 Å². The Kier molecular flexibility index (Phi) is 11.6. The highest BCUT2D eigenvalue weighted by Gasteiger charge is 2.38. The van der Waals surface area contributed by atoms with Gasteiger partial charge in [0.25, 0.3) is 10.1 Å². The van der Waals surface area contributed by atoms with Crippen LogP contribution in [0.15, 0.2) is 12.2 Å². The minimum absolute atomic E-state index is 0.0195. The van der Waals surface area contributed by atoms with Crippen LogP contribution in [0.4, 0.5) is 0 Å². The van der Waals surface area contributed by atoms with Gasteiger partial charge >= 0.3 is 5.97 Å². The molecule has 0 aromatic heterocycles. The number of rotatable bonds is 15. The van der Waals surface area contributed by atoms with Gasteiger partial charge < -0.3 is 4.74 Å². The van der Waals surface area contributed by atoms with Gasteiger partial charge in [-0.2, -0.15) is 8.42 Å². The largest absolute Gasteiger partial charge is 0.469 e. The van der Waals surface area contributed by atoms with Crippen LogP contribution >= 0.6 is 0 Å². The SMILES string of the molecule is CCCCCCCC[C@@H]1C=CC(=O)C1C(CCCCC(=O)OC)OS(C)(=O)=O. The van der Waals surface area contributed by atoms with Crippen molar-refractivity contribution < 1.29 is 26.9 Å². The van der Waals surface area contributed by atoms with E-state index in [1.54, 1.807) is 6.08 Å². The number of ether oxygens (including phenoxy) is 1. The molecule has 0 heterocycles. The summed E-state index contributed by atoms with van der Waals surface area (Å²) in [5, 5.41) is 0. The Bertz CT molecular complexity index is 610. The predicted molar refractivity (Wildman–Crippen MR) is 109 cm³/mol. The molecule has 1 aliphatic carbocycles. The van der Waals surface area contributed by atoms with Crippen molar-refractivity contribution in [1.82, 2.24) is 0 Å². The molecular formula is C21H36O6S. The van der Waals surface area contributed by atoms with Gasteiger partial charge in [0, 0.05) is 6.42 Å². The molecule has 6 nitrogen and oxygen atoms in total. The Morgan fingerprint density at radius 2 is 1.79 bits per heavy atom. The number of esters is 1. The van der Waals surface area contributed by atoms with Crippen LogP contribution in [0, 0.1) is 11.8 Å². The molecule has 28 heavy (non-hydrogen) atoms. The predicted octanol–water partition coefficient (Wildman–Crippen LogP) is 4.19. The number of ketones is 1. The number of carbonyl (C=O) groups is 2. The lowest BCUT2D eigenvalue weighted by Crippen LogP contribution is -2.34. The van der Waals surface area contributed by atoms with Crippen molar-refractivity contribution in [2.24, 2.45) is 11.8 Å². The maximum Gasteiger partial charge on any atom is 0.305 e. The van der Waals surface area contributed by atoms with Gasteiger partial charge in [0.05, 0.1) is 25.4 Å². The summed E-state index contributed by atoms with van der Waals surface area (Å²) in [7, 11) is -2.33. The Morgan fingerprint density at radius 3 is 2.43 bits per heavy atom. The molecule has 0 spiro atoms. The van der Waals surface area contributed by atoms with Crippen molar-refractivity contribution in [1.29, 1.82) is 0 Å². The van der Waals surface area contributed by atoms with Crippen LogP contribution in [0.3, 0.4) is 0 Å². The number of unbranched alkanes of at least 4 members (excludes halogenated alkanes) is 6. The summed E-state index contributed by atoms with van der Waals surface area (Å²) in [4.78, 5) is 23.7. The minimum Gasteiger partial charge on any atom is -0.469 e. The van der Waals surface area contributed by atoms with Gasteiger partial charge in [0.2, 0.25) is 0 Å². The van der Waals surface area contributed by atoms with E-state index in [1.165, 1.54) is 32.8 Å². The van der Waals surface area contributed by atoms with Crippen LogP contribution in [-0.2, 0) is 28.6 Å². The van der Waals surface area contributed by atoms with E-state index in [9.17, 15) is 18.0 Å². The molecule has 0 N–H and O–H groups in total. The number of carbonyl (C=O) groups excluding carboxylic acids is 2. The molecule has 0 aromatic rings. The van der Waals surface area contributed by atoms with Gasteiger partial charge in [-0.1, -0.05) is 57.9 Å². The summed E-state index contributed by atoms with van der Waals surface area (Å²) in [6.45, 7) is 2.19. The average molecular weight is 417 g/mol. The molecule has 7 heteroatoms. The number of allylic oxidation sites excluding steroid dienone is 2. The van der Waals surface area contributed by atoms with Crippen molar-refractivity contribution in [2.75, 3.05) is 13.4 Å². The summed E-state index contributed by atoms with van der Waals surface area (Å²) in [6.07, 6.45) is 13.6. The van der Waals surface area contributed by atoms with E-state index in [4.69, 9.17) is 4.18 Å². The van der Waals surface area contributed by atoms with Gasteiger partial charge in [-0.3, -0.25) is 13.8 Å². The van der Waals surface area contributed by atoms with Crippen molar-refractivity contribution in [3.63, 3.8) is 0 Å². The normalized spacial score (nSPS) is 20.5. The van der Waals surface area contributed by atoms with E-state index in [-0.39, 0.29) is 24.1 Å². The van der Waals surface area contributed by atoms with Gasteiger partial charge in [0.1, 0.15) is 0 Å². The molecule has 0 aliphatic heterocycles. The fourth-order valence-corrected chi connectivity index (χ4v) is 4.45. The molecule has 1 rings (SSSR count). The molecule has 0 amide bonds. The van der Waals surface area contributed by atoms with Crippen LogP contribution < -0.4 is 0 Å². The lowest BCUT2D eigenvalue weighted by atomic mass is 9.83. The molecule has 0 saturated heterocycles. The van der Waals surface area contributed by atoms with Crippen molar-refractivity contribution in [2.45, 2.75) is 83.7 Å². The van der Waals surface area contributed by atoms with Crippen molar-refractivity contribution in [3.8, 4) is 0 Å². The molecular weight excluding hydrogens is 380 g/mol. The quantitative estimate of drug-likeness (QED) is 0.226. The zero-order valence-corrected chi connectivity index (χ0v) is 18.3. The first-order valence-electron chi connectivity index (χ1n) is 10.5. The van der Waals surface area contributed by atoms with E-state index in [2.05, 4.69) is 11.7 Å². The summed E-state index contributed by atoms with van der Waals surface area (Å²) in [6, 6.07) is 0. The lowest BCUT2D eigenvalue weighted by molar-refractivity contribution is -0.140. The third kappa shape index (κ3) is 9.82. The highest BCUT2D eigenvalue weighted by molar-refractivity contribution is 7.86. The summed E-state index contributed by atoms with van der Waals surface area (Å²) >= 11 is 0. The van der Waals surface area contributed by atoms with E-state index < -0.39 is 22.1 Å². The molecule has 162 valence electrons. The molecule has 0 fully saturated rings. The molecule has 3 atom stereocenters. The average Bonchev–Trinajstić information content (AvgIpc) is 2.99. The molecule has 1 aliphatic rings. The highest BCUT2D eigenvalue weighted by atomic mass is 32.2. The maximum atomic E-state index is 12.4. The fourth-order valence-electron chi connectivity index (χ4n) is 3.78. The van der Waals surface area contributed by atoms with Crippen LogP contribution in [0.2, 0.25) is 0 Å². The number of hydrogen-bond donors (Lipinski definition) is 0. The zero-order chi connectivity index (χ0) is 21.0. The van der Waals surface area contributed by atoms with Gasteiger partial charge in [0.15, 0.2) is 5.78 Å². The Morgan fingerprint density at radius 1 is 1.11 bits per heavy atom. The summed E-state index contributed by atoms with van der Waals surface area (Å²) in [5.74, 6) is -0.785. The van der Waals surface area contributed by atoms with Crippen LogP contribution in [-0.4, -0.2) is 39.6 Å². The van der Waals surface area contributed by atoms with Crippen LogP contribution in [0.25, 0.3) is 0 Å². The number of hydrogen-bond acceptors (Lipinski definition) is 6. The monoisotopic (exact) mass is 416 g/mol. The molecule has 0 bridgehead atoms. The standard InChI is InChI=1S/C21H36O6S/c1-4-5-6-7-8-9-12-17-15-16-18(22)21(17)19(27-28(3,24)25)13-10-11-14-20(23)26-2/h15-17,19,21H,4-14H2,1-3H3/t17-,19?,21?/m1/s1. The third-order valence-corrected chi connectivity index (χ3v) is 5.83. The minimum atomic E-state index is -3.67. The second kappa shape index (κ2) is 13.1. The van der Waals surface area contributed by atoms with E-state index in [1.807, 2.05) is 6.08 Å². The van der Waals surface area contributed by atoms with Gasteiger partial charge in [-0.25, -0.2) is 0 Å². The third-order valence-electron chi connectivity index (χ3n) is 5.23. The van der Waals surface area contributed by atoms with E-state index in [0.29, 0.717) is 19.3 Å². The Balaban J connectivity index is 2.62. The Hall–Kier alpha value is -1.21. The van der Waals surface area contributed by atoms with Crippen molar-refractivity contribution in [3.05, 3.63) is 12.2 Å². The van der Waals surface area contributed by atoms with Gasteiger partial charge in [-0.15, -0.1) is 0 Å². The summed E-state index contributed by atoms with van der Waals surface area (Å²) < 4.78 is 33.4. The first-order valence-corrected chi connectivity index (χ1v) is 12.3. The smallest absolute Gasteiger partial charge is 0.305 e. The number of methoxy groups -OCH3 is 1. The molecule has 0 saturated carbocycles. The van der Waals surface area contributed by atoms with E-state index >= 15 is 0 Å². The second-order valence-corrected chi connectivity index (χ2v) is 9.27. The molecule has 0 radical (unpaired) electrons. The van der Waals surface area contributed by atoms with Gasteiger partial charge in [-0.05, 0) is 31.3 Å². The zero-order valence-electron chi connectivity index (χ0n) is 17.5.